The first-order valence-corrected chi connectivity index (χ1v) is 9.30. The van der Waals surface area contributed by atoms with E-state index >= 15 is 0 Å². The molecule has 4 aliphatic rings. The third-order valence-electron chi connectivity index (χ3n) is 8.52. The Balaban J connectivity index is 1.71. The maximum absolute atomic E-state index is 10.5. The van der Waals surface area contributed by atoms with E-state index in [1.807, 2.05) is 0 Å². The number of fused-ring (bicyclic) bond motifs is 5. The summed E-state index contributed by atoms with van der Waals surface area (Å²) >= 11 is 0. The fourth-order valence-corrected chi connectivity index (χ4v) is 7.19. The van der Waals surface area contributed by atoms with Crippen molar-refractivity contribution in [3.8, 4) is 0 Å². The number of aliphatic hydroxyl groups is 1. The van der Waals surface area contributed by atoms with Crippen LogP contribution in [0.1, 0.15) is 65.7 Å². The van der Waals surface area contributed by atoms with Crippen LogP contribution in [-0.2, 0) is 0 Å². The first-order chi connectivity index (χ1) is 9.97. The second-order valence-electron chi connectivity index (χ2n) is 9.25. The summed E-state index contributed by atoms with van der Waals surface area (Å²) in [4.78, 5) is 0. The van der Waals surface area contributed by atoms with Crippen molar-refractivity contribution < 1.29 is 5.11 Å². The molecular weight excluding hydrogens is 256 g/mol. The van der Waals surface area contributed by atoms with Crippen LogP contribution in [0.4, 0.5) is 0 Å². The van der Waals surface area contributed by atoms with Crippen LogP contribution in [0.2, 0.25) is 0 Å². The second kappa shape index (κ2) is 4.60. The van der Waals surface area contributed by atoms with E-state index in [9.17, 15) is 5.11 Å². The highest BCUT2D eigenvalue weighted by molar-refractivity contribution is 5.13. The van der Waals surface area contributed by atoms with Gasteiger partial charge in [0.25, 0.3) is 0 Å². The van der Waals surface area contributed by atoms with Gasteiger partial charge in [-0.25, -0.2) is 0 Å². The van der Waals surface area contributed by atoms with Gasteiger partial charge in [0, 0.05) is 0 Å². The van der Waals surface area contributed by atoms with Gasteiger partial charge in [-0.1, -0.05) is 32.9 Å². The molecule has 1 heteroatoms. The summed E-state index contributed by atoms with van der Waals surface area (Å²) in [5, 5.41) is 10.5. The van der Waals surface area contributed by atoms with E-state index in [0.29, 0.717) is 5.41 Å². The zero-order valence-electron chi connectivity index (χ0n) is 14.0. The Morgan fingerprint density at radius 1 is 1.00 bits per heavy atom. The van der Waals surface area contributed by atoms with Gasteiger partial charge in [-0.15, -0.1) is 0 Å². The third kappa shape index (κ3) is 1.79. The van der Waals surface area contributed by atoms with Crippen LogP contribution in [-0.4, -0.2) is 11.2 Å². The largest absolute Gasteiger partial charge is 0.393 e. The number of aliphatic hydroxyl groups excluding tert-OH is 1. The van der Waals surface area contributed by atoms with E-state index in [-0.39, 0.29) is 11.5 Å². The Hall–Kier alpha value is -0.300. The molecule has 4 rings (SSSR count). The molecule has 4 aliphatic carbocycles. The summed E-state index contributed by atoms with van der Waals surface area (Å²) < 4.78 is 0. The van der Waals surface area contributed by atoms with E-state index in [1.165, 1.54) is 38.5 Å². The molecule has 21 heavy (non-hydrogen) atoms. The molecule has 0 amide bonds. The first kappa shape index (κ1) is 14.3. The van der Waals surface area contributed by atoms with Crippen molar-refractivity contribution in [1.29, 1.82) is 0 Å². The summed E-state index contributed by atoms with van der Waals surface area (Å²) in [6.07, 6.45) is 13.9. The molecule has 0 radical (unpaired) electrons. The molecule has 0 unspecified atom stereocenters. The maximum Gasteiger partial charge on any atom is 0.0596 e. The van der Waals surface area contributed by atoms with Crippen molar-refractivity contribution in [2.24, 2.45) is 40.4 Å². The Kier molecular flexibility index (Phi) is 3.13. The Morgan fingerprint density at radius 2 is 1.76 bits per heavy atom. The van der Waals surface area contributed by atoms with Crippen molar-refractivity contribution in [2.45, 2.75) is 71.8 Å². The quantitative estimate of drug-likeness (QED) is 0.635. The molecule has 0 bridgehead atoms. The lowest BCUT2D eigenvalue weighted by atomic mass is 9.44. The highest BCUT2D eigenvalue weighted by Gasteiger charge is 2.60. The van der Waals surface area contributed by atoms with Gasteiger partial charge in [0.1, 0.15) is 0 Å². The van der Waals surface area contributed by atoms with Crippen LogP contribution in [0.25, 0.3) is 0 Å². The number of hydrogen-bond acceptors (Lipinski definition) is 1. The van der Waals surface area contributed by atoms with Crippen LogP contribution < -0.4 is 0 Å². The molecular formula is C20H32O. The minimum atomic E-state index is -0.0348. The summed E-state index contributed by atoms with van der Waals surface area (Å²) in [5.74, 6) is 4.32. The highest BCUT2D eigenvalue weighted by Crippen LogP contribution is 2.66. The van der Waals surface area contributed by atoms with Gasteiger partial charge in [-0.05, 0) is 85.4 Å². The smallest absolute Gasteiger partial charge is 0.0596 e. The topological polar surface area (TPSA) is 20.2 Å². The summed E-state index contributed by atoms with van der Waals surface area (Å²) in [7, 11) is 0. The second-order valence-corrected chi connectivity index (χ2v) is 9.25. The molecule has 118 valence electrons. The van der Waals surface area contributed by atoms with Crippen LogP contribution in [0.5, 0.6) is 0 Å². The highest BCUT2D eigenvalue weighted by atomic mass is 16.3. The number of rotatable bonds is 0. The summed E-state index contributed by atoms with van der Waals surface area (Å²) in [5.41, 5.74) is 0.768. The Morgan fingerprint density at radius 3 is 2.57 bits per heavy atom. The monoisotopic (exact) mass is 288 g/mol. The molecule has 0 aliphatic heterocycles. The standard InChI is InChI=1S/C20H32O/c1-13-12-14-6-4-5-10-19(14,2)16-9-11-20(3)15(18(13)16)7-8-17(20)21/h4-5,13-18,21H,6-12H2,1-3H3/t13-,14+,15+,16+,17+,18+,19+,20+/m1/s1. The number of hydrogen-bond donors (Lipinski definition) is 1. The van der Waals surface area contributed by atoms with Crippen LogP contribution in [0.3, 0.4) is 0 Å². The average molecular weight is 288 g/mol. The zero-order valence-corrected chi connectivity index (χ0v) is 14.0. The van der Waals surface area contributed by atoms with Gasteiger partial charge in [-0.2, -0.15) is 0 Å². The summed E-state index contributed by atoms with van der Waals surface area (Å²) in [6.45, 7) is 7.51. The van der Waals surface area contributed by atoms with Crippen molar-refractivity contribution in [3.63, 3.8) is 0 Å². The molecule has 0 aromatic rings. The molecule has 0 spiro atoms. The molecule has 0 aromatic carbocycles. The van der Waals surface area contributed by atoms with Gasteiger partial charge < -0.3 is 5.11 Å². The summed E-state index contributed by atoms with van der Waals surface area (Å²) in [6, 6.07) is 0. The normalized spacial score (nSPS) is 59.2. The van der Waals surface area contributed by atoms with E-state index in [4.69, 9.17) is 0 Å². The zero-order chi connectivity index (χ0) is 14.8. The van der Waals surface area contributed by atoms with Gasteiger partial charge in [0.05, 0.1) is 6.10 Å². The molecule has 1 N–H and O–H groups in total. The van der Waals surface area contributed by atoms with E-state index in [1.54, 1.807) is 0 Å². The van der Waals surface area contributed by atoms with Gasteiger partial charge in [0.2, 0.25) is 0 Å². The van der Waals surface area contributed by atoms with Crippen LogP contribution >= 0.6 is 0 Å². The molecule has 3 saturated carbocycles. The molecule has 0 saturated heterocycles. The first-order valence-electron chi connectivity index (χ1n) is 9.30. The van der Waals surface area contributed by atoms with Crippen molar-refractivity contribution in [3.05, 3.63) is 12.2 Å². The van der Waals surface area contributed by atoms with Crippen molar-refractivity contribution in [2.75, 3.05) is 0 Å². The molecule has 1 nitrogen and oxygen atoms in total. The average Bonchev–Trinajstić information content (AvgIpc) is 2.76. The van der Waals surface area contributed by atoms with Crippen LogP contribution in [0, 0.1) is 40.4 Å². The predicted molar refractivity (Wildman–Crippen MR) is 86.8 cm³/mol. The van der Waals surface area contributed by atoms with Gasteiger partial charge in [0.15, 0.2) is 0 Å². The Labute approximate surface area is 130 Å². The number of allylic oxidation sites excluding steroid dienone is 2. The Bertz CT molecular complexity index is 455. The SMILES string of the molecule is C[C@@H]1C[C@@H]2CC=CC[C@]2(C)[C@H]2CC[C@]3(C)[C@@H](O)CC[C@H]3[C@H]12. The molecule has 8 atom stereocenters. The maximum atomic E-state index is 10.5. The van der Waals surface area contributed by atoms with E-state index < -0.39 is 0 Å². The minimum Gasteiger partial charge on any atom is -0.393 e. The minimum absolute atomic E-state index is 0.0348. The fourth-order valence-electron chi connectivity index (χ4n) is 7.19. The third-order valence-corrected chi connectivity index (χ3v) is 8.52. The van der Waals surface area contributed by atoms with Crippen molar-refractivity contribution in [1.82, 2.24) is 0 Å². The molecule has 0 aromatic heterocycles. The lowest BCUT2D eigenvalue weighted by Gasteiger charge is -2.61. The molecule has 0 heterocycles. The van der Waals surface area contributed by atoms with Gasteiger partial charge in [-0.3, -0.25) is 0 Å². The lowest BCUT2D eigenvalue weighted by Crippen LogP contribution is -2.55. The van der Waals surface area contributed by atoms with Crippen molar-refractivity contribution >= 4 is 0 Å². The van der Waals surface area contributed by atoms with E-state index in [0.717, 1.165) is 36.0 Å². The lowest BCUT2D eigenvalue weighted by molar-refractivity contribution is -0.131. The van der Waals surface area contributed by atoms with E-state index in [2.05, 4.69) is 32.9 Å². The van der Waals surface area contributed by atoms with Crippen LogP contribution in [0.15, 0.2) is 12.2 Å². The van der Waals surface area contributed by atoms with Gasteiger partial charge >= 0.3 is 0 Å². The molecule has 3 fully saturated rings. The fraction of sp³-hybridized carbons (Fsp3) is 0.900. The predicted octanol–water partition coefficient (Wildman–Crippen LogP) is 4.80.